The largest absolute Gasteiger partial charge is 0.460 e. The number of hydrogen-bond donors (Lipinski definition) is 2. The summed E-state index contributed by atoms with van der Waals surface area (Å²) in [5.41, 5.74) is -1.34. The first-order chi connectivity index (χ1) is 9.28. The van der Waals surface area contributed by atoms with Crippen LogP contribution in [0.2, 0.25) is 0 Å². The van der Waals surface area contributed by atoms with Gasteiger partial charge in [-0.05, 0) is 27.7 Å². The summed E-state index contributed by atoms with van der Waals surface area (Å²) < 4.78 is 15.7. The number of rotatable bonds is 10. The normalized spacial score (nSPS) is 12.5. The molecule has 0 bridgehead atoms. The Morgan fingerprint density at radius 2 is 1.60 bits per heavy atom. The maximum atomic E-state index is 11.5. The van der Waals surface area contributed by atoms with Crippen molar-refractivity contribution in [1.29, 1.82) is 0 Å². The van der Waals surface area contributed by atoms with Crippen molar-refractivity contribution in [2.45, 2.75) is 39.7 Å². The zero-order chi connectivity index (χ0) is 15.6. The zero-order valence-electron chi connectivity index (χ0n) is 13.0. The molecule has 0 aliphatic carbocycles. The molecule has 0 saturated heterocycles. The lowest BCUT2D eigenvalue weighted by Gasteiger charge is -2.29. The van der Waals surface area contributed by atoms with Crippen LogP contribution < -0.4 is 0 Å². The van der Waals surface area contributed by atoms with Gasteiger partial charge < -0.3 is 24.4 Å². The van der Waals surface area contributed by atoms with Crippen molar-refractivity contribution < 1.29 is 29.2 Å². The summed E-state index contributed by atoms with van der Waals surface area (Å²) in [6, 6.07) is 0. The summed E-state index contributed by atoms with van der Waals surface area (Å²) in [5.74, 6) is -0.332. The van der Waals surface area contributed by atoms with E-state index in [1.54, 1.807) is 20.8 Å². The van der Waals surface area contributed by atoms with E-state index in [4.69, 9.17) is 14.2 Å². The number of esters is 1. The van der Waals surface area contributed by atoms with Gasteiger partial charge >= 0.3 is 5.97 Å². The second-order valence-electron chi connectivity index (χ2n) is 5.84. The van der Waals surface area contributed by atoms with Crippen LogP contribution in [-0.2, 0) is 19.0 Å². The van der Waals surface area contributed by atoms with Crippen molar-refractivity contribution in [2.75, 3.05) is 39.6 Å². The van der Waals surface area contributed by atoms with E-state index in [0.717, 1.165) is 0 Å². The van der Waals surface area contributed by atoms with Crippen LogP contribution in [0.25, 0.3) is 0 Å². The molecule has 0 rings (SSSR count). The summed E-state index contributed by atoms with van der Waals surface area (Å²) in [4.78, 5) is 11.5. The van der Waals surface area contributed by atoms with Gasteiger partial charge in [0.05, 0.1) is 44.9 Å². The molecule has 0 aliphatic rings. The molecule has 0 heterocycles. The van der Waals surface area contributed by atoms with Crippen LogP contribution >= 0.6 is 0 Å². The maximum absolute atomic E-state index is 11.5. The molecule has 6 nitrogen and oxygen atoms in total. The molecule has 0 fully saturated rings. The number of hydrogen-bond acceptors (Lipinski definition) is 6. The molecule has 20 heavy (non-hydrogen) atoms. The van der Waals surface area contributed by atoms with E-state index in [1.165, 1.54) is 0 Å². The minimum atomic E-state index is -0.829. The van der Waals surface area contributed by atoms with Gasteiger partial charge in [0, 0.05) is 6.61 Å². The molecule has 0 spiro atoms. The first-order valence-corrected chi connectivity index (χ1v) is 6.87. The predicted octanol–water partition coefficient (Wildman–Crippen LogP) is 0.742. The Hall–Kier alpha value is -0.690. The molecule has 120 valence electrons. The summed E-state index contributed by atoms with van der Waals surface area (Å²) >= 11 is 0. The van der Waals surface area contributed by atoms with Crippen molar-refractivity contribution >= 4 is 5.97 Å². The number of carbonyl (C=O) groups is 1. The van der Waals surface area contributed by atoms with Gasteiger partial charge in [-0.2, -0.15) is 0 Å². The van der Waals surface area contributed by atoms with Gasteiger partial charge in [-0.3, -0.25) is 4.79 Å². The molecule has 0 saturated carbocycles. The molecule has 0 unspecified atom stereocenters. The van der Waals surface area contributed by atoms with Crippen molar-refractivity contribution in [2.24, 2.45) is 5.41 Å². The van der Waals surface area contributed by atoms with E-state index in [9.17, 15) is 15.0 Å². The first kappa shape index (κ1) is 19.3. The van der Waals surface area contributed by atoms with Crippen LogP contribution in [0.15, 0.2) is 0 Å². The Kier molecular flexibility index (Phi) is 8.96. The molecule has 0 aliphatic heterocycles. The van der Waals surface area contributed by atoms with Crippen molar-refractivity contribution in [3.63, 3.8) is 0 Å². The van der Waals surface area contributed by atoms with Crippen molar-refractivity contribution in [3.8, 4) is 0 Å². The van der Waals surface area contributed by atoms with Crippen LogP contribution in [0.1, 0.15) is 34.1 Å². The monoisotopic (exact) mass is 292 g/mol. The number of aliphatic hydroxyl groups is 2. The number of aliphatic hydroxyl groups excluding tert-OH is 2. The van der Waals surface area contributed by atoms with Gasteiger partial charge in [-0.1, -0.05) is 0 Å². The molecule has 2 N–H and O–H groups in total. The van der Waals surface area contributed by atoms with Crippen LogP contribution in [0, 0.1) is 5.41 Å². The third kappa shape index (κ3) is 8.47. The molecule has 0 aromatic carbocycles. The zero-order valence-corrected chi connectivity index (χ0v) is 13.0. The second-order valence-corrected chi connectivity index (χ2v) is 5.84. The van der Waals surface area contributed by atoms with Gasteiger partial charge in [-0.15, -0.1) is 0 Å². The van der Waals surface area contributed by atoms with E-state index in [1.807, 2.05) is 6.92 Å². The van der Waals surface area contributed by atoms with Gasteiger partial charge in [0.15, 0.2) is 0 Å². The standard InChI is InChI=1S/C14H28O6/c1-5-18-10-14(8-15,9-16)11-19-7-6-12(17)20-13(2,3)4/h15-16H,5-11H2,1-4H3. The Bertz CT molecular complexity index is 267. The summed E-state index contributed by atoms with van der Waals surface area (Å²) in [6.07, 6.45) is 0.138. The van der Waals surface area contributed by atoms with E-state index in [2.05, 4.69) is 0 Å². The number of carbonyl (C=O) groups excluding carboxylic acids is 1. The van der Waals surface area contributed by atoms with Gasteiger partial charge in [-0.25, -0.2) is 0 Å². The quantitative estimate of drug-likeness (QED) is 0.456. The highest BCUT2D eigenvalue weighted by molar-refractivity contribution is 5.69. The average Bonchev–Trinajstić information content (AvgIpc) is 2.36. The number of ether oxygens (including phenoxy) is 3. The van der Waals surface area contributed by atoms with Crippen LogP contribution in [-0.4, -0.2) is 61.4 Å². The third-order valence-corrected chi connectivity index (χ3v) is 2.56. The Labute approximate surface area is 121 Å². The highest BCUT2D eigenvalue weighted by Crippen LogP contribution is 2.17. The van der Waals surface area contributed by atoms with E-state index < -0.39 is 11.0 Å². The molecular weight excluding hydrogens is 264 g/mol. The minimum Gasteiger partial charge on any atom is -0.460 e. The maximum Gasteiger partial charge on any atom is 0.308 e. The second kappa shape index (κ2) is 9.28. The molecule has 6 heteroatoms. The lowest BCUT2D eigenvalue weighted by molar-refractivity contribution is -0.156. The molecule has 0 aromatic rings. The predicted molar refractivity (Wildman–Crippen MR) is 74.4 cm³/mol. The molecule has 0 atom stereocenters. The average molecular weight is 292 g/mol. The first-order valence-electron chi connectivity index (χ1n) is 6.87. The van der Waals surface area contributed by atoms with E-state index >= 15 is 0 Å². The van der Waals surface area contributed by atoms with E-state index in [0.29, 0.717) is 6.61 Å². The van der Waals surface area contributed by atoms with Crippen LogP contribution in [0.5, 0.6) is 0 Å². The van der Waals surface area contributed by atoms with Crippen molar-refractivity contribution in [1.82, 2.24) is 0 Å². The fourth-order valence-electron chi connectivity index (χ4n) is 1.43. The molecule has 0 amide bonds. The van der Waals surface area contributed by atoms with Gasteiger partial charge in [0.2, 0.25) is 0 Å². The highest BCUT2D eigenvalue weighted by Gasteiger charge is 2.29. The Morgan fingerprint density at radius 3 is 2.05 bits per heavy atom. The third-order valence-electron chi connectivity index (χ3n) is 2.56. The topological polar surface area (TPSA) is 85.2 Å². The summed E-state index contributed by atoms with van der Waals surface area (Å²) in [6.45, 7) is 7.78. The summed E-state index contributed by atoms with van der Waals surface area (Å²) in [5, 5.41) is 18.7. The SMILES string of the molecule is CCOCC(CO)(CO)COCCC(=O)OC(C)(C)C. The fraction of sp³-hybridized carbons (Fsp3) is 0.929. The highest BCUT2D eigenvalue weighted by atomic mass is 16.6. The van der Waals surface area contributed by atoms with Crippen LogP contribution in [0.4, 0.5) is 0 Å². The molecule has 0 aromatic heterocycles. The summed E-state index contributed by atoms with van der Waals surface area (Å²) in [7, 11) is 0. The van der Waals surface area contributed by atoms with Crippen molar-refractivity contribution in [3.05, 3.63) is 0 Å². The lowest BCUT2D eigenvalue weighted by Crippen LogP contribution is -2.40. The van der Waals surface area contributed by atoms with E-state index in [-0.39, 0.29) is 45.4 Å². The lowest BCUT2D eigenvalue weighted by atomic mass is 9.92. The molecular formula is C14H28O6. The molecule has 0 radical (unpaired) electrons. The van der Waals surface area contributed by atoms with Gasteiger partial charge in [0.1, 0.15) is 5.60 Å². The Balaban J connectivity index is 4.03. The van der Waals surface area contributed by atoms with Gasteiger partial charge in [0.25, 0.3) is 0 Å². The minimum absolute atomic E-state index is 0.128. The Morgan fingerprint density at radius 1 is 1.05 bits per heavy atom. The fourth-order valence-corrected chi connectivity index (χ4v) is 1.43. The van der Waals surface area contributed by atoms with Crippen LogP contribution in [0.3, 0.4) is 0 Å². The smallest absolute Gasteiger partial charge is 0.308 e.